The number of hydrogen-bond donors (Lipinski definition) is 2. The molecule has 2 aromatic carbocycles. The number of amides is 2. The molecule has 0 radical (unpaired) electrons. The van der Waals surface area contributed by atoms with Gasteiger partial charge < -0.3 is 20.1 Å². The molecular weight excluding hydrogens is 311 g/mol. The van der Waals surface area contributed by atoms with Crippen LogP contribution in [0.1, 0.15) is 18.5 Å². The molecule has 2 N–H and O–H groups in total. The number of nitrogens with one attached hydrogen (secondary N) is 2. The van der Waals surface area contributed by atoms with Crippen molar-refractivity contribution in [2.45, 2.75) is 13.0 Å². The summed E-state index contributed by atoms with van der Waals surface area (Å²) in [4.78, 5) is 11.8. The first kappa shape index (κ1) is 17.6. The molecule has 0 heterocycles. The zero-order chi connectivity index (χ0) is 17.4. The molecule has 0 aliphatic rings. The van der Waals surface area contributed by atoms with Crippen LogP contribution in [0.15, 0.2) is 48.5 Å². The van der Waals surface area contributed by atoms with Crippen LogP contribution in [0.4, 0.5) is 9.18 Å². The van der Waals surface area contributed by atoms with E-state index in [4.69, 9.17) is 9.47 Å². The lowest BCUT2D eigenvalue weighted by Crippen LogP contribution is -2.38. The van der Waals surface area contributed by atoms with Gasteiger partial charge in [0.2, 0.25) is 0 Å². The largest absolute Gasteiger partial charge is 0.497 e. The molecule has 2 amide bonds. The van der Waals surface area contributed by atoms with E-state index in [1.807, 2.05) is 6.92 Å². The van der Waals surface area contributed by atoms with Crippen LogP contribution in [0.5, 0.6) is 11.5 Å². The molecule has 1 unspecified atom stereocenters. The van der Waals surface area contributed by atoms with Crippen molar-refractivity contribution in [2.24, 2.45) is 0 Å². The van der Waals surface area contributed by atoms with Gasteiger partial charge in [0.25, 0.3) is 0 Å². The van der Waals surface area contributed by atoms with Gasteiger partial charge in [0.15, 0.2) is 0 Å². The highest BCUT2D eigenvalue weighted by molar-refractivity contribution is 5.74. The molecule has 0 aliphatic carbocycles. The number of urea groups is 1. The Morgan fingerprint density at radius 3 is 2.33 bits per heavy atom. The monoisotopic (exact) mass is 332 g/mol. The molecule has 0 saturated heterocycles. The van der Waals surface area contributed by atoms with E-state index < -0.39 is 0 Å². The highest BCUT2D eigenvalue weighted by Gasteiger charge is 2.09. The first-order valence-electron chi connectivity index (χ1n) is 7.65. The van der Waals surface area contributed by atoms with Crippen LogP contribution >= 0.6 is 0 Å². The van der Waals surface area contributed by atoms with Gasteiger partial charge in [-0.25, -0.2) is 9.18 Å². The van der Waals surface area contributed by atoms with Crippen LogP contribution in [0.25, 0.3) is 0 Å². The van der Waals surface area contributed by atoms with Crippen LogP contribution in [0.3, 0.4) is 0 Å². The fourth-order valence-electron chi connectivity index (χ4n) is 2.09. The first-order valence-corrected chi connectivity index (χ1v) is 7.65. The summed E-state index contributed by atoms with van der Waals surface area (Å²) in [6.07, 6.45) is 0. The second-order valence-corrected chi connectivity index (χ2v) is 5.20. The van der Waals surface area contributed by atoms with E-state index in [0.717, 1.165) is 11.3 Å². The molecular formula is C18H21FN2O3. The van der Waals surface area contributed by atoms with Crippen molar-refractivity contribution in [1.29, 1.82) is 0 Å². The Balaban J connectivity index is 1.68. The Bertz CT molecular complexity index is 644. The smallest absolute Gasteiger partial charge is 0.315 e. The Morgan fingerprint density at radius 1 is 1.08 bits per heavy atom. The van der Waals surface area contributed by atoms with Gasteiger partial charge in [-0.2, -0.15) is 0 Å². The molecule has 2 rings (SSSR count). The summed E-state index contributed by atoms with van der Waals surface area (Å²) >= 11 is 0. The van der Waals surface area contributed by atoms with E-state index in [-0.39, 0.29) is 17.9 Å². The topological polar surface area (TPSA) is 59.6 Å². The standard InChI is InChI=1S/C18H21FN2O3/c1-13(14-3-5-15(19)6-4-14)21-18(22)20-11-12-24-17-9-7-16(23-2)8-10-17/h3-10,13H,11-12H2,1-2H3,(H2,20,21,22). The summed E-state index contributed by atoms with van der Waals surface area (Å²) in [6.45, 7) is 2.55. The predicted octanol–water partition coefficient (Wildman–Crippen LogP) is 3.27. The van der Waals surface area contributed by atoms with Crippen molar-refractivity contribution in [3.8, 4) is 11.5 Å². The van der Waals surface area contributed by atoms with Gasteiger partial charge in [0.05, 0.1) is 19.7 Å². The number of benzene rings is 2. The fraction of sp³-hybridized carbons (Fsp3) is 0.278. The van der Waals surface area contributed by atoms with Gasteiger partial charge in [-0.1, -0.05) is 12.1 Å². The minimum Gasteiger partial charge on any atom is -0.497 e. The lowest BCUT2D eigenvalue weighted by Gasteiger charge is -2.15. The zero-order valence-electron chi connectivity index (χ0n) is 13.7. The molecule has 0 aromatic heterocycles. The van der Waals surface area contributed by atoms with Crippen LogP contribution in [0, 0.1) is 5.82 Å². The molecule has 0 aliphatic heterocycles. The van der Waals surface area contributed by atoms with E-state index in [9.17, 15) is 9.18 Å². The third-order valence-electron chi connectivity index (χ3n) is 3.43. The van der Waals surface area contributed by atoms with Crippen molar-refractivity contribution in [1.82, 2.24) is 10.6 Å². The van der Waals surface area contributed by atoms with E-state index in [1.165, 1.54) is 12.1 Å². The van der Waals surface area contributed by atoms with Gasteiger partial charge in [-0.05, 0) is 48.9 Å². The lowest BCUT2D eigenvalue weighted by atomic mass is 10.1. The molecule has 1 atom stereocenters. The number of ether oxygens (including phenoxy) is 2. The van der Waals surface area contributed by atoms with Gasteiger partial charge in [-0.3, -0.25) is 0 Å². The molecule has 0 fully saturated rings. The summed E-state index contributed by atoms with van der Waals surface area (Å²) in [7, 11) is 1.60. The third kappa shape index (κ3) is 5.46. The highest BCUT2D eigenvalue weighted by atomic mass is 19.1. The molecule has 5 nitrogen and oxygen atoms in total. The number of carbonyl (C=O) groups excluding carboxylic acids is 1. The number of rotatable bonds is 7. The van der Waals surface area contributed by atoms with Crippen molar-refractivity contribution in [2.75, 3.05) is 20.3 Å². The Hall–Kier alpha value is -2.76. The summed E-state index contributed by atoms with van der Waals surface area (Å²) in [6, 6.07) is 12.7. The average molecular weight is 332 g/mol. The van der Waals surface area contributed by atoms with Gasteiger partial charge >= 0.3 is 6.03 Å². The number of hydrogen-bond acceptors (Lipinski definition) is 3. The molecule has 24 heavy (non-hydrogen) atoms. The second-order valence-electron chi connectivity index (χ2n) is 5.20. The minimum atomic E-state index is -0.301. The minimum absolute atomic E-state index is 0.215. The Kier molecular flexibility index (Phi) is 6.42. The average Bonchev–Trinajstić information content (AvgIpc) is 2.59. The summed E-state index contributed by atoms with van der Waals surface area (Å²) < 4.78 is 23.5. The highest BCUT2D eigenvalue weighted by Crippen LogP contribution is 2.16. The van der Waals surface area contributed by atoms with Crippen molar-refractivity contribution in [3.63, 3.8) is 0 Å². The number of halogens is 1. The quantitative estimate of drug-likeness (QED) is 0.765. The normalized spacial score (nSPS) is 11.5. The van der Waals surface area contributed by atoms with Crippen LogP contribution < -0.4 is 20.1 Å². The van der Waals surface area contributed by atoms with Crippen LogP contribution in [0.2, 0.25) is 0 Å². The molecule has 0 saturated carbocycles. The molecule has 6 heteroatoms. The van der Waals surface area contributed by atoms with Gasteiger partial charge in [0.1, 0.15) is 23.9 Å². The first-order chi connectivity index (χ1) is 11.6. The molecule has 2 aromatic rings. The number of carbonyl (C=O) groups is 1. The molecule has 128 valence electrons. The van der Waals surface area contributed by atoms with E-state index >= 15 is 0 Å². The van der Waals surface area contributed by atoms with E-state index in [2.05, 4.69) is 10.6 Å². The maximum atomic E-state index is 12.9. The second kappa shape index (κ2) is 8.76. The van der Waals surface area contributed by atoms with Gasteiger partial charge in [-0.15, -0.1) is 0 Å². The SMILES string of the molecule is COc1ccc(OCCNC(=O)NC(C)c2ccc(F)cc2)cc1. The molecule has 0 bridgehead atoms. The van der Waals surface area contributed by atoms with Crippen molar-refractivity contribution >= 4 is 6.03 Å². The van der Waals surface area contributed by atoms with Crippen LogP contribution in [-0.2, 0) is 0 Å². The summed E-state index contributed by atoms with van der Waals surface area (Å²) in [5.74, 6) is 1.17. The Morgan fingerprint density at radius 2 is 1.71 bits per heavy atom. The lowest BCUT2D eigenvalue weighted by molar-refractivity contribution is 0.233. The third-order valence-corrected chi connectivity index (χ3v) is 3.43. The Labute approximate surface area is 140 Å². The zero-order valence-corrected chi connectivity index (χ0v) is 13.7. The molecule has 0 spiro atoms. The fourth-order valence-corrected chi connectivity index (χ4v) is 2.09. The summed E-state index contributed by atoms with van der Waals surface area (Å²) in [5, 5.41) is 5.50. The number of methoxy groups -OCH3 is 1. The van der Waals surface area contributed by atoms with Crippen molar-refractivity contribution in [3.05, 3.63) is 59.9 Å². The summed E-state index contributed by atoms with van der Waals surface area (Å²) in [5.41, 5.74) is 0.834. The van der Waals surface area contributed by atoms with Crippen molar-refractivity contribution < 1.29 is 18.7 Å². The van der Waals surface area contributed by atoms with E-state index in [1.54, 1.807) is 43.5 Å². The maximum absolute atomic E-state index is 12.9. The van der Waals surface area contributed by atoms with Crippen LogP contribution in [-0.4, -0.2) is 26.3 Å². The van der Waals surface area contributed by atoms with Gasteiger partial charge in [0, 0.05) is 0 Å². The maximum Gasteiger partial charge on any atom is 0.315 e. The predicted molar refractivity (Wildman–Crippen MR) is 89.8 cm³/mol. The van der Waals surface area contributed by atoms with E-state index in [0.29, 0.717) is 18.9 Å².